The normalized spacial score (nSPS) is 13.4. The summed E-state index contributed by atoms with van der Waals surface area (Å²) in [7, 11) is 0. The van der Waals surface area contributed by atoms with Gasteiger partial charge >= 0.3 is 11.7 Å². The van der Waals surface area contributed by atoms with E-state index in [2.05, 4.69) is 5.32 Å². The molecule has 0 aliphatic carbocycles. The number of nitrogens with zero attached hydrogens (tertiary/aromatic N) is 1. The number of hydrogen-bond donors (Lipinski definition) is 3. The van der Waals surface area contributed by atoms with Gasteiger partial charge < -0.3 is 15.5 Å². The van der Waals surface area contributed by atoms with Gasteiger partial charge in [-0.2, -0.15) is 4.39 Å². The van der Waals surface area contributed by atoms with E-state index in [4.69, 9.17) is 0 Å². The van der Waals surface area contributed by atoms with Gasteiger partial charge in [-0.05, 0) is 24.0 Å². The molecule has 0 saturated carbocycles. The van der Waals surface area contributed by atoms with Crippen LogP contribution in [0.3, 0.4) is 0 Å². The minimum absolute atomic E-state index is 0.0359. The summed E-state index contributed by atoms with van der Waals surface area (Å²) < 4.78 is 13.3. The predicted molar refractivity (Wildman–Crippen MR) is 81.8 cm³/mol. The first-order valence-corrected chi connectivity index (χ1v) is 7.25. The van der Waals surface area contributed by atoms with Crippen molar-refractivity contribution in [2.45, 2.75) is 38.8 Å². The Morgan fingerprint density at radius 3 is 2.50 bits per heavy atom. The number of nitrogens with one attached hydrogen (secondary N) is 1. The first kappa shape index (κ1) is 19.5. The highest BCUT2D eigenvalue weighted by molar-refractivity contribution is 5.86. The number of halogens is 1. The largest absolute Gasteiger partial charge is 0.480 e. The summed E-state index contributed by atoms with van der Waals surface area (Å²) in [6, 6.07) is 1.59. The van der Waals surface area contributed by atoms with E-state index in [1.165, 1.54) is 6.07 Å². The van der Waals surface area contributed by atoms with E-state index in [0.717, 1.165) is 12.1 Å². The molecule has 0 unspecified atom stereocenters. The number of aliphatic hydroxyl groups excluding tert-OH is 1. The zero-order chi connectivity index (χ0) is 18.4. The van der Waals surface area contributed by atoms with Crippen molar-refractivity contribution in [1.82, 2.24) is 5.32 Å². The molecule has 0 aliphatic heterocycles. The molecule has 1 aromatic rings. The Balaban J connectivity index is 2.87. The van der Waals surface area contributed by atoms with Gasteiger partial charge in [-0.3, -0.25) is 14.9 Å². The summed E-state index contributed by atoms with van der Waals surface area (Å²) in [5.74, 6) is -3.21. The number of carboxylic acid groups (broad SMARTS) is 1. The van der Waals surface area contributed by atoms with Crippen molar-refractivity contribution in [2.75, 3.05) is 0 Å². The molecule has 0 saturated heterocycles. The second-order valence-electron chi connectivity index (χ2n) is 5.79. The van der Waals surface area contributed by atoms with E-state index in [0.29, 0.717) is 0 Å². The van der Waals surface area contributed by atoms with Gasteiger partial charge in [0.2, 0.25) is 11.7 Å². The van der Waals surface area contributed by atoms with Crippen LogP contribution >= 0.6 is 0 Å². The monoisotopic (exact) mass is 342 g/mol. The number of nitro benzene ring substituents is 1. The molecule has 0 bridgehead atoms. The maximum absolute atomic E-state index is 13.3. The summed E-state index contributed by atoms with van der Waals surface area (Å²) in [5, 5.41) is 31.8. The maximum atomic E-state index is 13.3. The molecule has 1 rings (SSSR count). The van der Waals surface area contributed by atoms with Gasteiger partial charge in [0, 0.05) is 12.5 Å². The van der Waals surface area contributed by atoms with Gasteiger partial charge in [0.1, 0.15) is 12.1 Å². The molecule has 3 N–H and O–H groups in total. The fourth-order valence-electron chi connectivity index (χ4n) is 2.08. The van der Waals surface area contributed by atoms with Crippen molar-refractivity contribution < 1.29 is 29.1 Å². The first-order valence-electron chi connectivity index (χ1n) is 7.25. The second-order valence-corrected chi connectivity index (χ2v) is 5.79. The highest BCUT2D eigenvalue weighted by Gasteiger charge is 2.25. The lowest BCUT2D eigenvalue weighted by Crippen LogP contribution is -2.46. The quantitative estimate of drug-likeness (QED) is 0.481. The molecule has 0 fully saturated rings. The summed E-state index contributed by atoms with van der Waals surface area (Å²) >= 11 is 0. The summed E-state index contributed by atoms with van der Waals surface area (Å²) in [6.07, 6.45) is -1.47. The highest BCUT2D eigenvalue weighted by atomic mass is 19.1. The van der Waals surface area contributed by atoms with E-state index in [9.17, 15) is 34.3 Å². The molecule has 0 aliphatic rings. The molecule has 24 heavy (non-hydrogen) atoms. The van der Waals surface area contributed by atoms with Crippen LogP contribution < -0.4 is 5.32 Å². The Bertz CT molecular complexity index is 634. The van der Waals surface area contributed by atoms with Gasteiger partial charge in [0.15, 0.2) is 0 Å². The van der Waals surface area contributed by atoms with Crippen LogP contribution in [0.4, 0.5) is 10.1 Å². The average molecular weight is 342 g/mol. The van der Waals surface area contributed by atoms with E-state index in [1.54, 1.807) is 13.8 Å². The van der Waals surface area contributed by atoms with E-state index in [-0.39, 0.29) is 24.3 Å². The lowest BCUT2D eigenvalue weighted by molar-refractivity contribution is -0.387. The van der Waals surface area contributed by atoms with Crippen LogP contribution in [0.5, 0.6) is 0 Å². The van der Waals surface area contributed by atoms with Crippen molar-refractivity contribution in [1.29, 1.82) is 0 Å². The third kappa shape index (κ3) is 5.58. The van der Waals surface area contributed by atoms with Crippen LogP contribution in [-0.4, -0.2) is 39.2 Å². The molecule has 0 radical (unpaired) electrons. The fraction of sp³-hybridized carbons (Fsp3) is 0.467. The minimum Gasteiger partial charge on any atom is -0.480 e. The third-order valence-corrected chi connectivity index (χ3v) is 3.26. The van der Waals surface area contributed by atoms with Crippen molar-refractivity contribution >= 4 is 17.6 Å². The SMILES string of the molecule is CC(C)C[C@@H](O)C(=O)N[C@@H](Cc1ccc(F)c([N+](=O)[O-])c1)C(=O)O. The third-order valence-electron chi connectivity index (χ3n) is 3.26. The second kappa shape index (κ2) is 8.34. The highest BCUT2D eigenvalue weighted by Crippen LogP contribution is 2.19. The predicted octanol–water partition coefficient (Wildman–Crippen LogP) is 1.25. The van der Waals surface area contributed by atoms with Crippen molar-refractivity contribution in [3.05, 3.63) is 39.7 Å². The Hall–Kier alpha value is -2.55. The number of carbonyl (C=O) groups is 2. The minimum atomic E-state index is -1.40. The number of carbonyl (C=O) groups excluding carboxylic acids is 1. The Labute approximate surface area is 137 Å². The topological polar surface area (TPSA) is 130 Å². The molecule has 2 atom stereocenters. The summed E-state index contributed by atoms with van der Waals surface area (Å²) in [5.41, 5.74) is -0.600. The van der Waals surface area contributed by atoms with Crippen LogP contribution in [0, 0.1) is 21.8 Å². The van der Waals surface area contributed by atoms with Crippen molar-refractivity contribution in [2.24, 2.45) is 5.92 Å². The smallest absolute Gasteiger partial charge is 0.326 e. The van der Waals surface area contributed by atoms with Gasteiger partial charge in [0.25, 0.3) is 0 Å². The van der Waals surface area contributed by atoms with Crippen molar-refractivity contribution in [3.63, 3.8) is 0 Å². The van der Waals surface area contributed by atoms with E-state index >= 15 is 0 Å². The summed E-state index contributed by atoms with van der Waals surface area (Å²) in [4.78, 5) is 32.9. The standard InChI is InChI=1S/C15H19FN2O6/c1-8(2)5-13(19)14(20)17-11(15(21)22)6-9-3-4-10(16)12(7-9)18(23)24/h3-4,7-8,11,13,19H,5-6H2,1-2H3,(H,17,20)(H,21,22)/t11-,13+/m0/s1. The number of aliphatic carboxylic acids is 1. The van der Waals surface area contributed by atoms with Gasteiger partial charge in [-0.15, -0.1) is 0 Å². The Morgan fingerprint density at radius 2 is 2.00 bits per heavy atom. The lowest BCUT2D eigenvalue weighted by atomic mass is 10.0. The average Bonchev–Trinajstić information content (AvgIpc) is 2.47. The Kier molecular flexibility index (Phi) is 6.78. The maximum Gasteiger partial charge on any atom is 0.326 e. The molecule has 132 valence electrons. The van der Waals surface area contributed by atoms with Gasteiger partial charge in [-0.1, -0.05) is 19.9 Å². The number of amides is 1. The van der Waals surface area contributed by atoms with Crippen LogP contribution in [0.25, 0.3) is 0 Å². The molecule has 9 heteroatoms. The first-order chi connectivity index (χ1) is 11.1. The molecule has 0 spiro atoms. The molecule has 8 nitrogen and oxygen atoms in total. The van der Waals surface area contributed by atoms with Crippen LogP contribution in [0.15, 0.2) is 18.2 Å². The Morgan fingerprint density at radius 1 is 1.38 bits per heavy atom. The number of benzene rings is 1. The fourth-order valence-corrected chi connectivity index (χ4v) is 2.08. The lowest BCUT2D eigenvalue weighted by Gasteiger charge is -2.18. The summed E-state index contributed by atoms with van der Waals surface area (Å²) in [6.45, 7) is 3.59. The molecule has 0 aromatic heterocycles. The zero-order valence-electron chi connectivity index (χ0n) is 13.2. The number of nitro groups is 1. The molecular weight excluding hydrogens is 323 g/mol. The van der Waals surface area contributed by atoms with E-state index < -0.39 is 40.5 Å². The number of rotatable bonds is 8. The van der Waals surface area contributed by atoms with Crippen molar-refractivity contribution in [3.8, 4) is 0 Å². The zero-order valence-corrected chi connectivity index (χ0v) is 13.2. The molecule has 0 heterocycles. The molecule has 1 aromatic carbocycles. The van der Waals surface area contributed by atoms with Crippen LogP contribution in [-0.2, 0) is 16.0 Å². The van der Waals surface area contributed by atoms with Gasteiger partial charge in [-0.25, -0.2) is 4.79 Å². The van der Waals surface area contributed by atoms with Crippen LogP contribution in [0.1, 0.15) is 25.8 Å². The number of aliphatic hydroxyl groups is 1. The van der Waals surface area contributed by atoms with E-state index in [1.807, 2.05) is 0 Å². The number of hydrogen-bond acceptors (Lipinski definition) is 5. The number of carboxylic acids is 1. The van der Waals surface area contributed by atoms with Gasteiger partial charge in [0.05, 0.1) is 4.92 Å². The molecular formula is C15H19FN2O6. The molecule has 1 amide bonds. The van der Waals surface area contributed by atoms with Crippen LogP contribution in [0.2, 0.25) is 0 Å².